The average Bonchev–Trinajstić information content (AvgIpc) is 2.38. The third-order valence-corrected chi connectivity index (χ3v) is 3.17. The molecule has 0 saturated carbocycles. The number of nitrogens with one attached hydrogen (secondary N) is 1. The zero-order valence-electron chi connectivity index (χ0n) is 12.4. The fraction of sp³-hybridized carbons (Fsp3) is 0.600. The highest BCUT2D eigenvalue weighted by atomic mass is 16.5. The van der Waals surface area contributed by atoms with Gasteiger partial charge in [-0.05, 0) is 31.5 Å². The maximum atomic E-state index is 9.60. The van der Waals surface area contributed by atoms with Crippen molar-refractivity contribution in [3.8, 4) is 0 Å². The number of benzene rings is 1. The molecule has 0 spiro atoms. The van der Waals surface area contributed by atoms with Crippen LogP contribution >= 0.6 is 0 Å². The van der Waals surface area contributed by atoms with E-state index in [2.05, 4.69) is 35.3 Å². The van der Waals surface area contributed by atoms with Crippen LogP contribution in [0.2, 0.25) is 0 Å². The quantitative estimate of drug-likeness (QED) is 0.753. The fourth-order valence-electron chi connectivity index (χ4n) is 2.11. The zero-order chi connectivity index (χ0) is 14.3. The zero-order valence-corrected chi connectivity index (χ0v) is 12.4. The molecule has 108 valence electrons. The number of aliphatic hydroxyl groups is 1. The molecule has 4 nitrogen and oxygen atoms in total. The Morgan fingerprint density at radius 3 is 2.63 bits per heavy atom. The molecule has 0 aliphatic heterocycles. The summed E-state index contributed by atoms with van der Waals surface area (Å²) in [5.41, 5.74) is 2.49. The highest BCUT2D eigenvalue weighted by Gasteiger charge is 2.11. The Labute approximate surface area is 116 Å². The van der Waals surface area contributed by atoms with E-state index >= 15 is 0 Å². The first-order valence-electron chi connectivity index (χ1n) is 6.73. The highest BCUT2D eigenvalue weighted by molar-refractivity contribution is 5.53. The molecule has 0 fully saturated rings. The number of para-hydroxylation sites is 1. The summed E-state index contributed by atoms with van der Waals surface area (Å²) in [6.45, 7) is 3.31. The molecule has 2 unspecified atom stereocenters. The molecule has 1 aromatic carbocycles. The highest BCUT2D eigenvalue weighted by Crippen LogP contribution is 2.24. The van der Waals surface area contributed by atoms with Gasteiger partial charge in [-0.15, -0.1) is 0 Å². The summed E-state index contributed by atoms with van der Waals surface area (Å²) in [5.74, 6) is 0. The second-order valence-corrected chi connectivity index (χ2v) is 5.03. The molecule has 1 rings (SSSR count). The smallest absolute Gasteiger partial charge is 0.0785 e. The summed E-state index contributed by atoms with van der Waals surface area (Å²) in [4.78, 5) is 2.12. The first kappa shape index (κ1) is 16.0. The molecule has 2 N–H and O–H groups in total. The molecule has 0 aliphatic rings. The summed E-state index contributed by atoms with van der Waals surface area (Å²) < 4.78 is 4.91. The van der Waals surface area contributed by atoms with Crippen molar-refractivity contribution >= 4 is 5.69 Å². The van der Waals surface area contributed by atoms with Crippen molar-refractivity contribution in [2.45, 2.75) is 25.5 Å². The summed E-state index contributed by atoms with van der Waals surface area (Å²) in [6.07, 6.45) is 0.302. The number of ether oxygens (including phenoxy) is 1. The van der Waals surface area contributed by atoms with E-state index in [-0.39, 0.29) is 6.04 Å². The van der Waals surface area contributed by atoms with E-state index in [1.807, 2.05) is 20.2 Å². The molecular weight excluding hydrogens is 240 g/mol. The van der Waals surface area contributed by atoms with Crippen molar-refractivity contribution in [1.82, 2.24) is 5.32 Å². The first-order valence-corrected chi connectivity index (χ1v) is 6.73. The van der Waals surface area contributed by atoms with Gasteiger partial charge in [0.05, 0.1) is 12.7 Å². The Bertz CT molecular complexity index is 369. The van der Waals surface area contributed by atoms with Gasteiger partial charge in [-0.2, -0.15) is 0 Å². The summed E-state index contributed by atoms with van der Waals surface area (Å²) in [7, 11) is 5.70. The minimum absolute atomic E-state index is 0.258. The molecule has 19 heavy (non-hydrogen) atoms. The third-order valence-electron chi connectivity index (χ3n) is 3.17. The Balaban J connectivity index is 2.51. The lowest BCUT2D eigenvalue weighted by Crippen LogP contribution is -2.26. The molecule has 0 radical (unpaired) electrons. The van der Waals surface area contributed by atoms with Gasteiger partial charge < -0.3 is 20.1 Å². The molecular formula is C15H26N2O2. The van der Waals surface area contributed by atoms with Gasteiger partial charge in [-0.25, -0.2) is 0 Å². The van der Waals surface area contributed by atoms with Crippen LogP contribution in [0, 0.1) is 0 Å². The van der Waals surface area contributed by atoms with Gasteiger partial charge in [-0.1, -0.05) is 18.2 Å². The van der Waals surface area contributed by atoms with Crippen molar-refractivity contribution in [3.63, 3.8) is 0 Å². The predicted molar refractivity (Wildman–Crippen MR) is 79.7 cm³/mol. The van der Waals surface area contributed by atoms with Crippen LogP contribution < -0.4 is 10.2 Å². The molecule has 0 aliphatic carbocycles. The molecule has 2 atom stereocenters. The summed E-state index contributed by atoms with van der Waals surface area (Å²) in [5, 5.41) is 13.0. The number of nitrogens with zero attached hydrogens (tertiary/aromatic N) is 1. The van der Waals surface area contributed by atoms with Crippen molar-refractivity contribution in [3.05, 3.63) is 29.8 Å². The van der Waals surface area contributed by atoms with E-state index < -0.39 is 6.10 Å². The van der Waals surface area contributed by atoms with Gasteiger partial charge in [0.2, 0.25) is 0 Å². The molecule has 0 amide bonds. The number of anilines is 1. The van der Waals surface area contributed by atoms with Crippen molar-refractivity contribution < 1.29 is 9.84 Å². The van der Waals surface area contributed by atoms with E-state index in [9.17, 15) is 5.11 Å². The van der Waals surface area contributed by atoms with Gasteiger partial charge in [-0.3, -0.25) is 0 Å². The van der Waals surface area contributed by atoms with E-state index in [1.165, 1.54) is 11.3 Å². The molecule has 0 saturated heterocycles. The topological polar surface area (TPSA) is 44.7 Å². The number of hydrogen-bond donors (Lipinski definition) is 2. The van der Waals surface area contributed by atoms with Crippen LogP contribution in [0.5, 0.6) is 0 Å². The second-order valence-electron chi connectivity index (χ2n) is 5.03. The van der Waals surface area contributed by atoms with Gasteiger partial charge in [0.25, 0.3) is 0 Å². The summed E-state index contributed by atoms with van der Waals surface area (Å²) in [6, 6.07) is 8.62. The minimum Gasteiger partial charge on any atom is -0.391 e. The largest absolute Gasteiger partial charge is 0.391 e. The lowest BCUT2D eigenvalue weighted by Gasteiger charge is -2.22. The Kier molecular flexibility index (Phi) is 6.84. The standard InChI is InChI=1S/C15H26N2O2/c1-12(16-10-9-13(18)11-19-4)14-7-5-6-8-15(14)17(2)3/h5-8,12-13,16,18H,9-11H2,1-4H3. The van der Waals surface area contributed by atoms with E-state index in [1.54, 1.807) is 7.11 Å². The second kappa shape index (κ2) is 8.15. The molecule has 0 bridgehead atoms. The van der Waals surface area contributed by atoms with Gasteiger partial charge >= 0.3 is 0 Å². The lowest BCUT2D eigenvalue weighted by molar-refractivity contribution is 0.0590. The maximum Gasteiger partial charge on any atom is 0.0785 e. The predicted octanol–water partition coefficient (Wildman–Crippen LogP) is 1.80. The van der Waals surface area contributed by atoms with Crippen molar-refractivity contribution in [2.24, 2.45) is 0 Å². The van der Waals surface area contributed by atoms with Gasteiger partial charge in [0.15, 0.2) is 0 Å². The third kappa shape index (κ3) is 5.19. The van der Waals surface area contributed by atoms with Crippen LogP contribution in [-0.2, 0) is 4.74 Å². The van der Waals surface area contributed by atoms with Crippen LogP contribution in [0.15, 0.2) is 24.3 Å². The molecule has 4 heteroatoms. The molecule has 0 heterocycles. The monoisotopic (exact) mass is 266 g/mol. The van der Waals surface area contributed by atoms with Gasteiger partial charge in [0, 0.05) is 32.9 Å². The van der Waals surface area contributed by atoms with E-state index in [0.717, 1.165) is 6.54 Å². The molecule has 1 aromatic rings. The fourth-order valence-corrected chi connectivity index (χ4v) is 2.11. The van der Waals surface area contributed by atoms with Crippen LogP contribution in [0.4, 0.5) is 5.69 Å². The van der Waals surface area contributed by atoms with Crippen LogP contribution in [0.25, 0.3) is 0 Å². The van der Waals surface area contributed by atoms with E-state index in [0.29, 0.717) is 13.0 Å². The lowest BCUT2D eigenvalue weighted by atomic mass is 10.1. The van der Waals surface area contributed by atoms with Crippen LogP contribution in [-0.4, -0.2) is 45.6 Å². The summed E-state index contributed by atoms with van der Waals surface area (Å²) >= 11 is 0. The number of methoxy groups -OCH3 is 1. The van der Waals surface area contributed by atoms with Crippen molar-refractivity contribution in [2.75, 3.05) is 39.3 Å². The number of aliphatic hydroxyl groups excluding tert-OH is 1. The average molecular weight is 266 g/mol. The Hall–Kier alpha value is -1.10. The maximum absolute atomic E-state index is 9.60. The Morgan fingerprint density at radius 1 is 1.32 bits per heavy atom. The Morgan fingerprint density at radius 2 is 2.00 bits per heavy atom. The van der Waals surface area contributed by atoms with Gasteiger partial charge in [0.1, 0.15) is 0 Å². The number of rotatable bonds is 8. The minimum atomic E-state index is -0.395. The number of hydrogen-bond acceptors (Lipinski definition) is 4. The first-order chi connectivity index (χ1) is 9.06. The van der Waals surface area contributed by atoms with Crippen LogP contribution in [0.3, 0.4) is 0 Å². The SMILES string of the molecule is COCC(O)CCNC(C)c1ccccc1N(C)C. The van der Waals surface area contributed by atoms with Crippen LogP contribution in [0.1, 0.15) is 24.9 Å². The van der Waals surface area contributed by atoms with Crippen molar-refractivity contribution in [1.29, 1.82) is 0 Å². The normalized spacial score (nSPS) is 14.2. The molecule has 0 aromatic heterocycles. The van der Waals surface area contributed by atoms with E-state index in [4.69, 9.17) is 4.74 Å².